The first-order valence-corrected chi connectivity index (χ1v) is 6.15. The van der Waals surface area contributed by atoms with Crippen LogP contribution in [0.25, 0.3) is 0 Å². The first kappa shape index (κ1) is 15.4. The molecule has 0 saturated carbocycles. The van der Waals surface area contributed by atoms with E-state index in [9.17, 15) is 9.90 Å². The SMILES string of the molecule is CCCCCCC(C)C(O)CC(N)C(=O)O. The van der Waals surface area contributed by atoms with Crippen molar-refractivity contribution in [3.05, 3.63) is 0 Å². The van der Waals surface area contributed by atoms with Crippen LogP contribution in [0.15, 0.2) is 0 Å². The van der Waals surface area contributed by atoms with Gasteiger partial charge in [0.05, 0.1) is 6.10 Å². The highest BCUT2D eigenvalue weighted by Crippen LogP contribution is 2.17. The Hall–Kier alpha value is -0.610. The summed E-state index contributed by atoms with van der Waals surface area (Å²) in [6.07, 6.45) is 5.16. The topological polar surface area (TPSA) is 83.5 Å². The third-order valence-electron chi connectivity index (χ3n) is 2.98. The predicted molar refractivity (Wildman–Crippen MR) is 64.2 cm³/mol. The summed E-state index contributed by atoms with van der Waals surface area (Å²) in [6, 6.07) is -0.951. The lowest BCUT2D eigenvalue weighted by molar-refractivity contribution is -0.139. The third kappa shape index (κ3) is 6.80. The van der Waals surface area contributed by atoms with Gasteiger partial charge in [-0.15, -0.1) is 0 Å². The maximum atomic E-state index is 10.5. The summed E-state index contributed by atoms with van der Waals surface area (Å²) in [6.45, 7) is 4.11. The molecule has 0 aliphatic rings. The molecule has 4 N–H and O–H groups in total. The first-order valence-electron chi connectivity index (χ1n) is 6.15. The monoisotopic (exact) mass is 231 g/mol. The number of hydrogen-bond acceptors (Lipinski definition) is 3. The van der Waals surface area contributed by atoms with Crippen LogP contribution in [0.2, 0.25) is 0 Å². The minimum absolute atomic E-state index is 0.127. The lowest BCUT2D eigenvalue weighted by Crippen LogP contribution is -2.36. The van der Waals surface area contributed by atoms with Gasteiger partial charge >= 0.3 is 5.97 Å². The summed E-state index contributed by atoms with van der Waals surface area (Å²) < 4.78 is 0. The van der Waals surface area contributed by atoms with Crippen LogP contribution in [0.5, 0.6) is 0 Å². The Balaban J connectivity index is 3.72. The Morgan fingerprint density at radius 3 is 2.44 bits per heavy atom. The Morgan fingerprint density at radius 2 is 1.94 bits per heavy atom. The molecule has 3 unspecified atom stereocenters. The van der Waals surface area contributed by atoms with Crippen molar-refractivity contribution in [3.8, 4) is 0 Å². The average Bonchev–Trinajstić information content (AvgIpc) is 2.23. The van der Waals surface area contributed by atoms with Crippen molar-refractivity contribution in [1.82, 2.24) is 0 Å². The molecule has 0 aromatic rings. The highest BCUT2D eigenvalue weighted by molar-refractivity contribution is 5.73. The number of carbonyl (C=O) groups is 1. The summed E-state index contributed by atoms with van der Waals surface area (Å²) in [5, 5.41) is 18.4. The molecule has 3 atom stereocenters. The van der Waals surface area contributed by atoms with Crippen LogP contribution in [0.4, 0.5) is 0 Å². The van der Waals surface area contributed by atoms with E-state index in [-0.39, 0.29) is 12.3 Å². The molecule has 4 heteroatoms. The second-order valence-corrected chi connectivity index (χ2v) is 4.57. The Bertz CT molecular complexity index is 197. The molecule has 0 rings (SSSR count). The molecule has 0 saturated heterocycles. The molecule has 0 aromatic carbocycles. The summed E-state index contributed by atoms with van der Waals surface area (Å²) in [5.41, 5.74) is 5.37. The van der Waals surface area contributed by atoms with Crippen LogP contribution < -0.4 is 5.73 Å². The van der Waals surface area contributed by atoms with Gasteiger partial charge in [-0.2, -0.15) is 0 Å². The molecule has 96 valence electrons. The third-order valence-corrected chi connectivity index (χ3v) is 2.98. The quantitative estimate of drug-likeness (QED) is 0.528. The Labute approximate surface area is 97.8 Å². The van der Waals surface area contributed by atoms with E-state index in [2.05, 4.69) is 6.92 Å². The van der Waals surface area contributed by atoms with Crippen molar-refractivity contribution in [2.24, 2.45) is 11.7 Å². The second kappa shape index (κ2) is 8.53. The fourth-order valence-electron chi connectivity index (χ4n) is 1.68. The van der Waals surface area contributed by atoms with Crippen molar-refractivity contribution < 1.29 is 15.0 Å². The maximum absolute atomic E-state index is 10.5. The molecule has 0 amide bonds. The van der Waals surface area contributed by atoms with Crippen LogP contribution in [0.3, 0.4) is 0 Å². The van der Waals surface area contributed by atoms with Gasteiger partial charge in [0.15, 0.2) is 0 Å². The van der Waals surface area contributed by atoms with Crippen molar-refractivity contribution >= 4 is 5.97 Å². The number of nitrogens with two attached hydrogens (primary N) is 1. The number of rotatable bonds is 9. The zero-order valence-electron chi connectivity index (χ0n) is 10.4. The number of carboxylic acid groups (broad SMARTS) is 1. The molecule has 16 heavy (non-hydrogen) atoms. The molecule has 0 bridgehead atoms. The van der Waals surface area contributed by atoms with E-state index in [0.29, 0.717) is 0 Å². The minimum atomic E-state index is -1.04. The second-order valence-electron chi connectivity index (χ2n) is 4.57. The van der Waals surface area contributed by atoms with Gasteiger partial charge < -0.3 is 15.9 Å². The van der Waals surface area contributed by atoms with E-state index in [0.717, 1.165) is 12.8 Å². The fourth-order valence-corrected chi connectivity index (χ4v) is 1.68. The number of aliphatic carboxylic acids is 1. The van der Waals surface area contributed by atoms with Crippen LogP contribution in [-0.2, 0) is 4.79 Å². The number of unbranched alkanes of at least 4 members (excludes halogenated alkanes) is 3. The number of hydrogen-bond donors (Lipinski definition) is 3. The van der Waals surface area contributed by atoms with E-state index in [1.165, 1.54) is 19.3 Å². The molecular weight excluding hydrogens is 206 g/mol. The van der Waals surface area contributed by atoms with Gasteiger partial charge in [-0.05, 0) is 18.8 Å². The van der Waals surface area contributed by atoms with Gasteiger partial charge in [0.25, 0.3) is 0 Å². The minimum Gasteiger partial charge on any atom is -0.480 e. The van der Waals surface area contributed by atoms with Gasteiger partial charge in [-0.3, -0.25) is 4.79 Å². The lowest BCUT2D eigenvalue weighted by atomic mass is 9.93. The van der Waals surface area contributed by atoms with E-state index in [1.54, 1.807) is 0 Å². The van der Waals surface area contributed by atoms with Crippen molar-refractivity contribution in [2.75, 3.05) is 0 Å². The molecule has 4 nitrogen and oxygen atoms in total. The summed E-state index contributed by atoms with van der Waals surface area (Å²) in [5.74, 6) is -0.917. The molecular formula is C12H25NO3. The van der Waals surface area contributed by atoms with Gasteiger partial charge in [0.1, 0.15) is 6.04 Å². The average molecular weight is 231 g/mol. The van der Waals surface area contributed by atoms with Crippen LogP contribution >= 0.6 is 0 Å². The van der Waals surface area contributed by atoms with Gasteiger partial charge in [-0.25, -0.2) is 0 Å². The van der Waals surface area contributed by atoms with E-state index in [1.807, 2.05) is 6.92 Å². The molecule has 0 fully saturated rings. The fraction of sp³-hybridized carbons (Fsp3) is 0.917. The van der Waals surface area contributed by atoms with Crippen LogP contribution in [0, 0.1) is 5.92 Å². The highest BCUT2D eigenvalue weighted by Gasteiger charge is 2.21. The lowest BCUT2D eigenvalue weighted by Gasteiger charge is -2.20. The zero-order valence-corrected chi connectivity index (χ0v) is 10.4. The van der Waals surface area contributed by atoms with E-state index < -0.39 is 18.1 Å². The van der Waals surface area contributed by atoms with Gasteiger partial charge in [0.2, 0.25) is 0 Å². The maximum Gasteiger partial charge on any atom is 0.320 e. The van der Waals surface area contributed by atoms with Crippen molar-refractivity contribution in [2.45, 2.75) is 64.5 Å². The summed E-state index contributed by atoms with van der Waals surface area (Å²) >= 11 is 0. The van der Waals surface area contributed by atoms with E-state index in [4.69, 9.17) is 10.8 Å². The predicted octanol–water partition coefficient (Wildman–Crippen LogP) is 1.76. The van der Waals surface area contributed by atoms with Crippen molar-refractivity contribution in [3.63, 3.8) is 0 Å². The van der Waals surface area contributed by atoms with Crippen molar-refractivity contribution in [1.29, 1.82) is 0 Å². The zero-order chi connectivity index (χ0) is 12.6. The Morgan fingerprint density at radius 1 is 1.31 bits per heavy atom. The molecule has 0 aromatic heterocycles. The molecule has 0 spiro atoms. The number of aliphatic hydroxyl groups is 1. The largest absolute Gasteiger partial charge is 0.480 e. The molecule has 0 aliphatic heterocycles. The summed E-state index contributed by atoms with van der Waals surface area (Å²) in [7, 11) is 0. The van der Waals surface area contributed by atoms with Gasteiger partial charge in [0, 0.05) is 0 Å². The Kier molecular flexibility index (Phi) is 8.21. The first-order chi connectivity index (χ1) is 7.49. The molecule has 0 aliphatic carbocycles. The molecule has 0 radical (unpaired) electrons. The normalized spacial score (nSPS) is 16.8. The van der Waals surface area contributed by atoms with Crippen LogP contribution in [0.1, 0.15) is 52.4 Å². The smallest absolute Gasteiger partial charge is 0.320 e. The number of aliphatic hydroxyl groups excluding tert-OH is 1. The highest BCUT2D eigenvalue weighted by atomic mass is 16.4. The van der Waals surface area contributed by atoms with Crippen LogP contribution in [-0.4, -0.2) is 28.3 Å². The summed E-state index contributed by atoms with van der Waals surface area (Å²) in [4.78, 5) is 10.5. The van der Waals surface area contributed by atoms with E-state index >= 15 is 0 Å². The standard InChI is InChI=1S/C12H25NO3/c1-3-4-5-6-7-9(2)11(14)8-10(13)12(15)16/h9-11,14H,3-8,13H2,1-2H3,(H,15,16). The molecule has 0 heterocycles. The number of carboxylic acids is 1. The van der Waals surface area contributed by atoms with Gasteiger partial charge in [-0.1, -0.05) is 39.5 Å².